The van der Waals surface area contributed by atoms with Crippen molar-refractivity contribution in [2.75, 3.05) is 26.1 Å². The van der Waals surface area contributed by atoms with Crippen LogP contribution in [0.25, 0.3) is 0 Å². The van der Waals surface area contributed by atoms with Crippen molar-refractivity contribution in [2.45, 2.75) is 13.8 Å². The zero-order chi connectivity index (χ0) is 18.4. The first kappa shape index (κ1) is 18.3. The molecule has 6 nitrogen and oxygen atoms in total. The Morgan fingerprint density at radius 1 is 1.00 bits per heavy atom. The molecule has 0 aliphatic rings. The van der Waals surface area contributed by atoms with E-state index in [9.17, 15) is 9.59 Å². The van der Waals surface area contributed by atoms with Crippen molar-refractivity contribution in [3.63, 3.8) is 0 Å². The van der Waals surface area contributed by atoms with Crippen molar-refractivity contribution in [3.8, 4) is 11.5 Å². The lowest BCUT2D eigenvalue weighted by molar-refractivity contribution is -0.118. The number of hydrogen-bond donors (Lipinski definition) is 1. The smallest absolute Gasteiger partial charge is 0.341 e. The monoisotopic (exact) mass is 343 g/mol. The zero-order valence-corrected chi connectivity index (χ0v) is 14.7. The van der Waals surface area contributed by atoms with Gasteiger partial charge in [-0.15, -0.1) is 0 Å². The van der Waals surface area contributed by atoms with Crippen molar-refractivity contribution in [1.29, 1.82) is 0 Å². The second kappa shape index (κ2) is 8.19. The minimum atomic E-state index is -0.549. The summed E-state index contributed by atoms with van der Waals surface area (Å²) in [6.07, 6.45) is 0. The van der Waals surface area contributed by atoms with E-state index in [0.29, 0.717) is 11.4 Å². The number of esters is 1. The third kappa shape index (κ3) is 4.97. The summed E-state index contributed by atoms with van der Waals surface area (Å²) in [7, 11) is 2.78. The summed E-state index contributed by atoms with van der Waals surface area (Å²) in [5.41, 5.74) is 3.03. The Kier molecular flexibility index (Phi) is 6.00. The summed E-state index contributed by atoms with van der Waals surface area (Å²) in [6.45, 7) is 3.67. The Hall–Kier alpha value is -3.02. The highest BCUT2D eigenvalue weighted by molar-refractivity contribution is 5.94. The molecule has 0 unspecified atom stereocenters. The third-order valence-corrected chi connectivity index (χ3v) is 3.46. The Labute approximate surface area is 146 Å². The van der Waals surface area contributed by atoms with Gasteiger partial charge >= 0.3 is 5.97 Å². The quantitative estimate of drug-likeness (QED) is 0.816. The van der Waals surface area contributed by atoms with Crippen molar-refractivity contribution in [3.05, 3.63) is 53.1 Å². The molecule has 2 rings (SSSR count). The van der Waals surface area contributed by atoms with Gasteiger partial charge in [-0.3, -0.25) is 4.79 Å². The number of nitrogens with one attached hydrogen (secondary N) is 1. The van der Waals surface area contributed by atoms with Crippen molar-refractivity contribution in [2.24, 2.45) is 0 Å². The maximum absolute atomic E-state index is 12.1. The highest BCUT2D eigenvalue weighted by Crippen LogP contribution is 2.25. The molecule has 2 aromatic rings. The predicted octanol–water partition coefficient (Wildman–Crippen LogP) is 3.12. The molecule has 25 heavy (non-hydrogen) atoms. The SMILES string of the molecule is COC(=O)c1ccc(OC)cc1OCC(=O)Nc1cc(C)cc(C)c1. The average Bonchev–Trinajstić information content (AvgIpc) is 2.58. The van der Waals surface area contributed by atoms with Crippen LogP contribution in [-0.2, 0) is 9.53 Å². The van der Waals surface area contributed by atoms with E-state index in [2.05, 4.69) is 5.32 Å². The first-order valence-electron chi connectivity index (χ1n) is 7.70. The molecular formula is C19H21NO5. The Bertz CT molecular complexity index is 765. The second-order valence-corrected chi connectivity index (χ2v) is 5.57. The molecule has 0 aliphatic heterocycles. The van der Waals surface area contributed by atoms with Gasteiger partial charge in [0.1, 0.15) is 17.1 Å². The highest BCUT2D eigenvalue weighted by atomic mass is 16.5. The predicted molar refractivity (Wildman–Crippen MR) is 94.4 cm³/mol. The van der Waals surface area contributed by atoms with Gasteiger partial charge < -0.3 is 19.5 Å². The summed E-state index contributed by atoms with van der Waals surface area (Å²) in [4.78, 5) is 23.9. The standard InChI is InChI=1S/C19H21NO5/c1-12-7-13(2)9-14(8-12)20-18(21)11-25-17-10-15(23-3)5-6-16(17)19(22)24-4/h5-10H,11H2,1-4H3,(H,20,21). The fraction of sp³-hybridized carbons (Fsp3) is 0.263. The number of hydrogen-bond acceptors (Lipinski definition) is 5. The maximum Gasteiger partial charge on any atom is 0.341 e. The van der Waals surface area contributed by atoms with Crippen LogP contribution in [0.3, 0.4) is 0 Å². The van der Waals surface area contributed by atoms with Crippen LogP contribution in [0.2, 0.25) is 0 Å². The molecular weight excluding hydrogens is 322 g/mol. The lowest BCUT2D eigenvalue weighted by atomic mass is 10.1. The van der Waals surface area contributed by atoms with E-state index >= 15 is 0 Å². The number of rotatable bonds is 6. The number of benzene rings is 2. The summed E-state index contributed by atoms with van der Waals surface area (Å²) < 4.78 is 15.3. The van der Waals surface area contributed by atoms with Gasteiger partial charge in [0.15, 0.2) is 6.61 Å². The molecule has 0 bridgehead atoms. The molecule has 6 heteroatoms. The van der Waals surface area contributed by atoms with E-state index in [1.54, 1.807) is 6.07 Å². The van der Waals surface area contributed by atoms with E-state index in [-0.39, 0.29) is 23.8 Å². The van der Waals surface area contributed by atoms with E-state index in [1.807, 2.05) is 32.0 Å². The minimum Gasteiger partial charge on any atom is -0.497 e. The summed E-state index contributed by atoms with van der Waals surface area (Å²) >= 11 is 0. The number of carbonyl (C=O) groups is 2. The lowest BCUT2D eigenvalue weighted by Gasteiger charge is -2.12. The number of aryl methyl sites for hydroxylation is 2. The number of carbonyl (C=O) groups excluding carboxylic acids is 2. The van der Waals surface area contributed by atoms with Gasteiger partial charge in [-0.05, 0) is 49.2 Å². The van der Waals surface area contributed by atoms with Crippen molar-refractivity contribution < 1.29 is 23.8 Å². The van der Waals surface area contributed by atoms with Crippen LogP contribution in [-0.4, -0.2) is 32.7 Å². The normalized spacial score (nSPS) is 10.1. The van der Waals surface area contributed by atoms with Crippen molar-refractivity contribution >= 4 is 17.6 Å². The van der Waals surface area contributed by atoms with Crippen LogP contribution in [0.4, 0.5) is 5.69 Å². The summed E-state index contributed by atoms with van der Waals surface area (Å²) in [6, 6.07) is 10.4. The van der Waals surface area contributed by atoms with Crippen LogP contribution in [0.15, 0.2) is 36.4 Å². The summed E-state index contributed by atoms with van der Waals surface area (Å²) in [5.74, 6) is -0.143. The van der Waals surface area contributed by atoms with Gasteiger partial charge in [0.2, 0.25) is 0 Å². The van der Waals surface area contributed by atoms with Crippen LogP contribution in [0.5, 0.6) is 11.5 Å². The molecule has 0 fully saturated rings. The largest absolute Gasteiger partial charge is 0.497 e. The molecule has 0 spiro atoms. The molecule has 1 amide bonds. The topological polar surface area (TPSA) is 73.9 Å². The molecule has 0 saturated heterocycles. The van der Waals surface area contributed by atoms with Gasteiger partial charge in [-0.25, -0.2) is 4.79 Å². The molecule has 0 aromatic heterocycles. The van der Waals surface area contributed by atoms with Gasteiger partial charge in [-0.1, -0.05) is 6.07 Å². The molecule has 0 radical (unpaired) electrons. The molecule has 0 atom stereocenters. The molecule has 2 aromatic carbocycles. The average molecular weight is 343 g/mol. The molecule has 0 saturated carbocycles. The van der Waals surface area contributed by atoms with Crippen molar-refractivity contribution in [1.82, 2.24) is 0 Å². The number of methoxy groups -OCH3 is 2. The van der Waals surface area contributed by atoms with Crippen LogP contribution < -0.4 is 14.8 Å². The van der Waals surface area contributed by atoms with Gasteiger partial charge in [0.25, 0.3) is 5.91 Å². The fourth-order valence-electron chi connectivity index (χ4n) is 2.41. The Morgan fingerprint density at radius 3 is 2.28 bits per heavy atom. The lowest BCUT2D eigenvalue weighted by Crippen LogP contribution is -2.21. The number of ether oxygens (including phenoxy) is 3. The number of anilines is 1. The minimum absolute atomic E-state index is 0.224. The van der Waals surface area contributed by atoms with Crippen LogP contribution in [0, 0.1) is 13.8 Å². The molecule has 0 aliphatic carbocycles. The fourth-order valence-corrected chi connectivity index (χ4v) is 2.41. The van der Waals surface area contributed by atoms with E-state index < -0.39 is 5.97 Å². The summed E-state index contributed by atoms with van der Waals surface area (Å²) in [5, 5.41) is 2.77. The maximum atomic E-state index is 12.1. The molecule has 132 valence electrons. The zero-order valence-electron chi connectivity index (χ0n) is 14.7. The first-order valence-corrected chi connectivity index (χ1v) is 7.70. The van der Waals surface area contributed by atoms with Gasteiger partial charge in [-0.2, -0.15) is 0 Å². The van der Waals surface area contributed by atoms with E-state index in [0.717, 1.165) is 11.1 Å². The third-order valence-electron chi connectivity index (χ3n) is 3.46. The van der Waals surface area contributed by atoms with E-state index in [4.69, 9.17) is 14.2 Å². The Balaban J connectivity index is 2.09. The Morgan fingerprint density at radius 2 is 1.68 bits per heavy atom. The van der Waals surface area contributed by atoms with Crippen LogP contribution >= 0.6 is 0 Å². The first-order chi connectivity index (χ1) is 11.9. The molecule has 1 N–H and O–H groups in total. The molecule has 0 heterocycles. The number of amides is 1. The van der Waals surface area contributed by atoms with E-state index in [1.165, 1.54) is 26.4 Å². The van der Waals surface area contributed by atoms with Gasteiger partial charge in [0.05, 0.1) is 14.2 Å². The highest BCUT2D eigenvalue weighted by Gasteiger charge is 2.15. The van der Waals surface area contributed by atoms with Gasteiger partial charge in [0, 0.05) is 11.8 Å². The van der Waals surface area contributed by atoms with Crippen LogP contribution in [0.1, 0.15) is 21.5 Å². The second-order valence-electron chi connectivity index (χ2n) is 5.57.